The van der Waals surface area contributed by atoms with Gasteiger partial charge in [0.1, 0.15) is 5.82 Å². The topological polar surface area (TPSA) is 54.0 Å². The molecular weight excluding hydrogens is 353 g/mol. The van der Waals surface area contributed by atoms with Crippen LogP contribution in [0.3, 0.4) is 0 Å². The molecule has 0 aliphatic heterocycles. The summed E-state index contributed by atoms with van der Waals surface area (Å²) in [5.41, 5.74) is 4.41. The first-order valence-corrected chi connectivity index (χ1v) is 8.36. The van der Waals surface area contributed by atoms with Crippen molar-refractivity contribution in [2.45, 2.75) is 13.8 Å². The number of rotatable bonds is 4. The van der Waals surface area contributed by atoms with Gasteiger partial charge in [-0.1, -0.05) is 23.7 Å². The lowest BCUT2D eigenvalue weighted by Gasteiger charge is -2.11. The Kier molecular flexibility index (Phi) is 5.19. The maximum Gasteiger partial charge on any atom is 0.257 e. The van der Waals surface area contributed by atoms with E-state index in [1.54, 1.807) is 18.3 Å². The minimum atomic E-state index is -0.489. The van der Waals surface area contributed by atoms with Crippen LogP contribution in [0.25, 0.3) is 0 Å². The van der Waals surface area contributed by atoms with E-state index in [1.165, 1.54) is 18.3 Å². The number of aromatic nitrogens is 1. The molecule has 1 heterocycles. The SMILES string of the molecule is Cc1ccc(C)c(NC(=O)c2cncc(Nc3ccc(F)c(Cl)c3)c2)c1. The molecule has 3 rings (SSSR count). The molecule has 4 nitrogen and oxygen atoms in total. The molecule has 2 aromatic carbocycles. The van der Waals surface area contributed by atoms with E-state index in [2.05, 4.69) is 15.6 Å². The Morgan fingerprint density at radius 2 is 1.85 bits per heavy atom. The van der Waals surface area contributed by atoms with Gasteiger partial charge in [-0.15, -0.1) is 0 Å². The number of carbonyl (C=O) groups is 1. The third-order valence-electron chi connectivity index (χ3n) is 3.85. The van der Waals surface area contributed by atoms with Crippen LogP contribution < -0.4 is 10.6 Å². The van der Waals surface area contributed by atoms with E-state index in [9.17, 15) is 9.18 Å². The van der Waals surface area contributed by atoms with Crippen molar-refractivity contribution in [3.05, 3.63) is 82.4 Å². The number of carbonyl (C=O) groups excluding carboxylic acids is 1. The van der Waals surface area contributed by atoms with Crippen molar-refractivity contribution < 1.29 is 9.18 Å². The monoisotopic (exact) mass is 369 g/mol. The van der Waals surface area contributed by atoms with Gasteiger partial charge in [0.15, 0.2) is 0 Å². The number of nitrogens with one attached hydrogen (secondary N) is 2. The van der Waals surface area contributed by atoms with Crippen LogP contribution in [0.5, 0.6) is 0 Å². The molecule has 0 radical (unpaired) electrons. The number of nitrogens with zero attached hydrogens (tertiary/aromatic N) is 1. The molecule has 0 unspecified atom stereocenters. The standard InChI is InChI=1S/C20H17ClFN3O/c1-12-3-4-13(2)19(7-12)25-20(26)14-8-16(11-23-10-14)24-15-5-6-18(22)17(21)9-15/h3-11,24H,1-2H3,(H,25,26). The number of aryl methyl sites for hydroxylation is 2. The van der Waals surface area contributed by atoms with Crippen LogP contribution in [0.2, 0.25) is 5.02 Å². The summed E-state index contributed by atoms with van der Waals surface area (Å²) < 4.78 is 13.3. The van der Waals surface area contributed by atoms with Crippen LogP contribution in [0.15, 0.2) is 54.9 Å². The van der Waals surface area contributed by atoms with E-state index >= 15 is 0 Å². The van der Waals surface area contributed by atoms with Crippen LogP contribution in [0, 0.1) is 19.7 Å². The number of benzene rings is 2. The maximum absolute atomic E-state index is 13.3. The molecule has 0 saturated carbocycles. The first kappa shape index (κ1) is 17.9. The van der Waals surface area contributed by atoms with Crippen molar-refractivity contribution in [2.75, 3.05) is 10.6 Å². The predicted octanol–water partition coefficient (Wildman–Crippen LogP) is 5.49. The average molecular weight is 370 g/mol. The summed E-state index contributed by atoms with van der Waals surface area (Å²) in [6.07, 6.45) is 3.06. The highest BCUT2D eigenvalue weighted by Crippen LogP contribution is 2.23. The summed E-state index contributed by atoms with van der Waals surface area (Å²) in [5.74, 6) is -0.746. The second-order valence-electron chi connectivity index (χ2n) is 5.99. The van der Waals surface area contributed by atoms with Crippen molar-refractivity contribution in [3.63, 3.8) is 0 Å². The van der Waals surface area contributed by atoms with Gasteiger partial charge >= 0.3 is 0 Å². The minimum absolute atomic E-state index is 0.0202. The summed E-state index contributed by atoms with van der Waals surface area (Å²) in [5, 5.41) is 5.98. The molecule has 6 heteroatoms. The van der Waals surface area contributed by atoms with E-state index < -0.39 is 5.82 Å². The van der Waals surface area contributed by atoms with Gasteiger partial charge in [-0.3, -0.25) is 9.78 Å². The minimum Gasteiger partial charge on any atom is -0.354 e. The lowest BCUT2D eigenvalue weighted by molar-refractivity contribution is 0.102. The molecule has 0 atom stereocenters. The highest BCUT2D eigenvalue weighted by atomic mass is 35.5. The zero-order valence-corrected chi connectivity index (χ0v) is 15.1. The molecule has 1 aromatic heterocycles. The number of halogens is 2. The zero-order valence-electron chi connectivity index (χ0n) is 14.3. The van der Waals surface area contributed by atoms with Crippen molar-refractivity contribution in [2.24, 2.45) is 0 Å². The third kappa shape index (κ3) is 4.18. The Hall–Kier alpha value is -2.92. The largest absolute Gasteiger partial charge is 0.354 e. The molecule has 0 aliphatic carbocycles. The summed E-state index contributed by atoms with van der Waals surface area (Å²) in [6, 6.07) is 11.8. The Bertz CT molecular complexity index is 975. The summed E-state index contributed by atoms with van der Waals surface area (Å²) in [7, 11) is 0. The summed E-state index contributed by atoms with van der Waals surface area (Å²) in [4.78, 5) is 16.6. The van der Waals surface area contributed by atoms with E-state index in [0.717, 1.165) is 16.8 Å². The van der Waals surface area contributed by atoms with Crippen LogP contribution in [0.4, 0.5) is 21.5 Å². The fourth-order valence-corrected chi connectivity index (χ4v) is 2.62. The van der Waals surface area contributed by atoms with Crippen LogP contribution in [0.1, 0.15) is 21.5 Å². The van der Waals surface area contributed by atoms with Gasteiger partial charge in [0, 0.05) is 17.6 Å². The molecule has 0 bridgehead atoms. The molecular formula is C20H17ClFN3O. The fourth-order valence-electron chi connectivity index (χ4n) is 2.44. The first-order valence-electron chi connectivity index (χ1n) is 7.98. The lowest BCUT2D eigenvalue weighted by atomic mass is 10.1. The van der Waals surface area contributed by atoms with Crippen molar-refractivity contribution in [1.29, 1.82) is 0 Å². The molecule has 0 aliphatic rings. The number of hydrogen-bond donors (Lipinski definition) is 2. The Morgan fingerprint density at radius 3 is 2.62 bits per heavy atom. The van der Waals surface area contributed by atoms with E-state index in [-0.39, 0.29) is 10.9 Å². The Morgan fingerprint density at radius 1 is 1.04 bits per heavy atom. The van der Waals surface area contributed by atoms with Gasteiger partial charge in [-0.2, -0.15) is 0 Å². The molecule has 26 heavy (non-hydrogen) atoms. The van der Waals surface area contributed by atoms with Crippen LogP contribution in [-0.2, 0) is 0 Å². The van der Waals surface area contributed by atoms with Gasteiger partial charge < -0.3 is 10.6 Å². The number of amides is 1. The predicted molar refractivity (Wildman–Crippen MR) is 103 cm³/mol. The molecule has 2 N–H and O–H groups in total. The fraction of sp³-hybridized carbons (Fsp3) is 0.100. The van der Waals surface area contributed by atoms with Gasteiger partial charge in [0.2, 0.25) is 0 Å². The van der Waals surface area contributed by atoms with Crippen molar-refractivity contribution in [3.8, 4) is 0 Å². The summed E-state index contributed by atoms with van der Waals surface area (Å²) in [6.45, 7) is 3.90. The van der Waals surface area contributed by atoms with E-state index in [0.29, 0.717) is 16.9 Å². The Balaban J connectivity index is 1.78. The maximum atomic E-state index is 13.3. The van der Waals surface area contributed by atoms with Crippen LogP contribution in [-0.4, -0.2) is 10.9 Å². The molecule has 1 amide bonds. The molecule has 132 valence electrons. The van der Waals surface area contributed by atoms with E-state index in [4.69, 9.17) is 11.6 Å². The third-order valence-corrected chi connectivity index (χ3v) is 4.14. The van der Waals surface area contributed by atoms with Crippen molar-refractivity contribution >= 4 is 34.6 Å². The number of hydrogen-bond acceptors (Lipinski definition) is 3. The van der Waals surface area contributed by atoms with Gasteiger partial charge in [-0.05, 0) is 55.3 Å². The number of pyridine rings is 1. The Labute approximate surface area is 156 Å². The normalized spacial score (nSPS) is 10.5. The lowest BCUT2D eigenvalue weighted by Crippen LogP contribution is -2.13. The van der Waals surface area contributed by atoms with Crippen molar-refractivity contribution in [1.82, 2.24) is 4.98 Å². The highest BCUT2D eigenvalue weighted by molar-refractivity contribution is 6.31. The molecule has 0 saturated heterocycles. The zero-order chi connectivity index (χ0) is 18.7. The average Bonchev–Trinajstić information content (AvgIpc) is 2.61. The highest BCUT2D eigenvalue weighted by Gasteiger charge is 2.10. The molecule has 3 aromatic rings. The molecule has 0 spiro atoms. The summed E-state index contributed by atoms with van der Waals surface area (Å²) >= 11 is 5.78. The second kappa shape index (κ2) is 7.54. The van der Waals surface area contributed by atoms with Gasteiger partial charge in [-0.25, -0.2) is 4.39 Å². The molecule has 0 fully saturated rings. The van der Waals surface area contributed by atoms with Gasteiger partial charge in [0.25, 0.3) is 5.91 Å². The smallest absolute Gasteiger partial charge is 0.257 e. The number of anilines is 3. The van der Waals surface area contributed by atoms with Crippen LogP contribution >= 0.6 is 11.6 Å². The second-order valence-corrected chi connectivity index (χ2v) is 6.40. The quantitative estimate of drug-likeness (QED) is 0.639. The van der Waals surface area contributed by atoms with Gasteiger partial charge in [0.05, 0.1) is 22.5 Å². The van der Waals surface area contributed by atoms with E-state index in [1.807, 2.05) is 32.0 Å². The first-order chi connectivity index (χ1) is 12.4.